The number of amides is 1. The van der Waals surface area contributed by atoms with Gasteiger partial charge in [-0.15, -0.1) is 0 Å². The molecule has 0 N–H and O–H groups in total. The van der Waals surface area contributed by atoms with Crippen LogP contribution in [-0.4, -0.2) is 32.1 Å². The lowest BCUT2D eigenvalue weighted by Gasteiger charge is -2.37. The number of carbonyl (C=O) groups is 1. The Kier molecular flexibility index (Phi) is 2.73. The van der Waals surface area contributed by atoms with E-state index < -0.39 is 0 Å². The maximum absolute atomic E-state index is 11.6. The molecule has 1 aromatic heterocycles. The van der Waals surface area contributed by atoms with Crippen LogP contribution in [0.5, 0.6) is 0 Å². The van der Waals surface area contributed by atoms with Gasteiger partial charge in [0.15, 0.2) is 0 Å². The van der Waals surface area contributed by atoms with E-state index in [2.05, 4.69) is 16.3 Å². The summed E-state index contributed by atoms with van der Waals surface area (Å²) in [6, 6.07) is 0.384. The average molecular weight is 229 g/mol. The molecule has 1 amide bonds. The van der Waals surface area contributed by atoms with E-state index in [1.807, 2.05) is 11.8 Å². The fraction of sp³-hybridized carbons (Fsp3) is 0.625. The second kappa shape index (κ2) is 3.86. The largest absolute Gasteiger partial charge is 0.330 e. The molecule has 0 radical (unpaired) electrons. The highest BCUT2D eigenvalue weighted by atomic mass is 32.2. The number of aryl methyl sites for hydroxylation is 1. The van der Waals surface area contributed by atoms with Gasteiger partial charge in [0.05, 0.1) is 0 Å². The van der Waals surface area contributed by atoms with Crippen molar-refractivity contribution in [1.82, 2.24) is 14.3 Å². The van der Waals surface area contributed by atoms with Gasteiger partial charge >= 0.3 is 0 Å². The van der Waals surface area contributed by atoms with Crippen LogP contribution in [-0.2, 0) is 0 Å². The number of carbonyl (C=O) groups excluding carboxylic acids is 1. The minimum atomic E-state index is 0.0709. The van der Waals surface area contributed by atoms with E-state index in [0.717, 1.165) is 29.7 Å². The quantitative estimate of drug-likeness (QED) is 0.692. The Balaban J connectivity index is 1.94. The molecular formula is C8H11N3OS2. The van der Waals surface area contributed by atoms with E-state index in [4.69, 9.17) is 0 Å². The monoisotopic (exact) mass is 229 g/mol. The van der Waals surface area contributed by atoms with Crippen molar-refractivity contribution in [3.63, 3.8) is 0 Å². The summed E-state index contributed by atoms with van der Waals surface area (Å²) in [5, 5.41) is 1.55. The van der Waals surface area contributed by atoms with Crippen molar-refractivity contribution in [2.75, 3.05) is 6.54 Å². The Labute approximate surface area is 90.9 Å². The van der Waals surface area contributed by atoms with Crippen LogP contribution in [0, 0.1) is 6.92 Å². The lowest BCUT2D eigenvalue weighted by Crippen LogP contribution is -2.47. The molecule has 1 atom stereocenters. The summed E-state index contributed by atoms with van der Waals surface area (Å²) < 4.78 is 4.07. The molecule has 76 valence electrons. The van der Waals surface area contributed by atoms with E-state index in [1.54, 1.807) is 0 Å². The Bertz CT molecular complexity index is 352. The fourth-order valence-electron chi connectivity index (χ4n) is 1.25. The van der Waals surface area contributed by atoms with Gasteiger partial charge in [-0.3, -0.25) is 4.79 Å². The molecule has 14 heavy (non-hydrogen) atoms. The first-order chi connectivity index (χ1) is 6.66. The molecule has 0 spiro atoms. The average Bonchev–Trinajstić information content (AvgIpc) is 2.48. The maximum Gasteiger partial charge on any atom is 0.289 e. The SMILES string of the molecule is Cc1nc(SC(=O)N2CCC2C)ns1. The number of thioether (sulfide) groups is 1. The molecule has 0 saturated carbocycles. The van der Waals surface area contributed by atoms with E-state index in [1.165, 1.54) is 11.5 Å². The van der Waals surface area contributed by atoms with Gasteiger partial charge in [-0.1, -0.05) is 0 Å². The third kappa shape index (κ3) is 1.90. The molecule has 0 bridgehead atoms. The minimum absolute atomic E-state index is 0.0709. The Morgan fingerprint density at radius 2 is 2.50 bits per heavy atom. The van der Waals surface area contributed by atoms with Crippen molar-refractivity contribution >= 4 is 28.5 Å². The van der Waals surface area contributed by atoms with Crippen LogP contribution in [0.25, 0.3) is 0 Å². The van der Waals surface area contributed by atoms with Crippen LogP contribution in [0.15, 0.2) is 5.16 Å². The normalized spacial score (nSPS) is 20.7. The molecule has 1 unspecified atom stereocenters. The van der Waals surface area contributed by atoms with Gasteiger partial charge in [-0.2, -0.15) is 4.37 Å². The van der Waals surface area contributed by atoms with Crippen LogP contribution in [0.4, 0.5) is 4.79 Å². The van der Waals surface area contributed by atoms with Crippen molar-refractivity contribution in [2.24, 2.45) is 0 Å². The second-order valence-electron chi connectivity index (χ2n) is 3.30. The minimum Gasteiger partial charge on any atom is -0.330 e. The predicted octanol–water partition coefficient (Wildman–Crippen LogP) is 2.15. The summed E-state index contributed by atoms with van der Waals surface area (Å²) in [6.45, 7) is 4.82. The molecule has 1 fully saturated rings. The van der Waals surface area contributed by atoms with Crippen molar-refractivity contribution in [3.05, 3.63) is 5.01 Å². The first-order valence-corrected chi connectivity index (χ1v) is 6.04. The summed E-state index contributed by atoms with van der Waals surface area (Å²) in [5.74, 6) is 0. The standard InChI is InChI=1S/C8H11N3OS2/c1-5-3-4-11(5)8(12)13-7-9-6(2)14-10-7/h5H,3-4H2,1-2H3. The third-order valence-electron chi connectivity index (χ3n) is 2.24. The molecule has 4 nitrogen and oxygen atoms in total. The lowest BCUT2D eigenvalue weighted by atomic mass is 10.1. The first-order valence-electron chi connectivity index (χ1n) is 4.45. The van der Waals surface area contributed by atoms with Gasteiger partial charge in [-0.05, 0) is 31.8 Å². The molecule has 0 aromatic carbocycles. The summed E-state index contributed by atoms with van der Waals surface area (Å²) >= 11 is 2.46. The molecule has 2 heterocycles. The summed E-state index contributed by atoms with van der Waals surface area (Å²) in [4.78, 5) is 17.6. The Hall–Kier alpha value is -0.620. The van der Waals surface area contributed by atoms with Crippen LogP contribution < -0.4 is 0 Å². The van der Waals surface area contributed by atoms with E-state index in [-0.39, 0.29) is 5.24 Å². The van der Waals surface area contributed by atoms with Crippen LogP contribution in [0.3, 0.4) is 0 Å². The third-order valence-corrected chi connectivity index (χ3v) is 3.75. The van der Waals surface area contributed by atoms with Crippen molar-refractivity contribution < 1.29 is 4.79 Å². The summed E-state index contributed by atoms with van der Waals surface area (Å²) in [6.07, 6.45) is 1.11. The van der Waals surface area contributed by atoms with Crippen molar-refractivity contribution in [1.29, 1.82) is 0 Å². The molecule has 1 aliphatic rings. The molecule has 1 saturated heterocycles. The highest BCUT2D eigenvalue weighted by molar-refractivity contribution is 8.13. The number of rotatable bonds is 1. The van der Waals surface area contributed by atoms with Crippen LogP contribution >= 0.6 is 23.3 Å². The zero-order chi connectivity index (χ0) is 10.1. The fourth-order valence-corrected chi connectivity index (χ4v) is 2.67. The molecule has 2 rings (SSSR count). The van der Waals surface area contributed by atoms with E-state index >= 15 is 0 Å². The zero-order valence-electron chi connectivity index (χ0n) is 8.06. The molecule has 6 heteroatoms. The van der Waals surface area contributed by atoms with Gasteiger partial charge in [0, 0.05) is 24.3 Å². The van der Waals surface area contributed by atoms with Gasteiger partial charge in [0.2, 0.25) is 5.16 Å². The topological polar surface area (TPSA) is 46.1 Å². The second-order valence-corrected chi connectivity index (χ2v) is 5.17. The van der Waals surface area contributed by atoms with Crippen LogP contribution in [0.2, 0.25) is 0 Å². The van der Waals surface area contributed by atoms with Gasteiger partial charge in [-0.25, -0.2) is 4.98 Å². The van der Waals surface area contributed by atoms with Gasteiger partial charge in [0.25, 0.3) is 5.24 Å². The van der Waals surface area contributed by atoms with Crippen molar-refractivity contribution in [2.45, 2.75) is 31.5 Å². The zero-order valence-corrected chi connectivity index (χ0v) is 9.69. The number of likely N-dealkylation sites (tertiary alicyclic amines) is 1. The number of hydrogen-bond donors (Lipinski definition) is 0. The summed E-state index contributed by atoms with van der Waals surface area (Å²) in [5.41, 5.74) is 0. The number of hydrogen-bond acceptors (Lipinski definition) is 5. The number of aromatic nitrogens is 2. The van der Waals surface area contributed by atoms with Gasteiger partial charge < -0.3 is 4.90 Å². The smallest absolute Gasteiger partial charge is 0.289 e. The highest BCUT2D eigenvalue weighted by Gasteiger charge is 2.29. The van der Waals surface area contributed by atoms with E-state index in [9.17, 15) is 4.79 Å². The molecule has 1 aromatic rings. The molecule has 1 aliphatic heterocycles. The van der Waals surface area contributed by atoms with E-state index in [0.29, 0.717) is 11.2 Å². The highest BCUT2D eigenvalue weighted by Crippen LogP contribution is 2.26. The predicted molar refractivity (Wildman–Crippen MR) is 56.7 cm³/mol. The van der Waals surface area contributed by atoms with Crippen molar-refractivity contribution in [3.8, 4) is 0 Å². The van der Waals surface area contributed by atoms with Gasteiger partial charge in [0.1, 0.15) is 5.01 Å². The Morgan fingerprint density at radius 1 is 1.71 bits per heavy atom. The molecule has 0 aliphatic carbocycles. The molecular weight excluding hydrogens is 218 g/mol. The Morgan fingerprint density at radius 3 is 2.93 bits per heavy atom. The maximum atomic E-state index is 11.6. The first kappa shape index (κ1) is 9.92. The summed E-state index contributed by atoms with van der Waals surface area (Å²) in [7, 11) is 0. The number of nitrogens with zero attached hydrogens (tertiary/aromatic N) is 3. The lowest BCUT2D eigenvalue weighted by molar-refractivity contribution is 0.146. The van der Waals surface area contributed by atoms with Crippen LogP contribution in [0.1, 0.15) is 18.4 Å².